The monoisotopic (exact) mass is 300 g/mol. The highest BCUT2D eigenvalue weighted by Crippen LogP contribution is 2.22. The van der Waals surface area contributed by atoms with Gasteiger partial charge >= 0.3 is 0 Å². The quantitative estimate of drug-likeness (QED) is 0.948. The summed E-state index contributed by atoms with van der Waals surface area (Å²) in [5.74, 6) is -0.746. The predicted octanol–water partition coefficient (Wildman–Crippen LogP) is 2.98. The van der Waals surface area contributed by atoms with Crippen molar-refractivity contribution < 1.29 is 12.8 Å². The topological polar surface area (TPSA) is 59.1 Å². The molecule has 1 N–H and O–H groups in total. The Labute approximate surface area is 115 Å². The minimum absolute atomic E-state index is 0.0284. The summed E-state index contributed by atoms with van der Waals surface area (Å²) in [6, 6.07) is 5.55. The zero-order valence-electron chi connectivity index (χ0n) is 9.89. The standard InChI is InChI=1S/C12H10ClFN2O2S/c1-8-2-3-9(6-10(8)13)19(17,18)16-12-4-5-15-7-11(12)14/h2-7H,1H3,(H,15,16). The van der Waals surface area contributed by atoms with Crippen molar-refractivity contribution in [2.24, 2.45) is 0 Å². The predicted molar refractivity (Wildman–Crippen MR) is 71.2 cm³/mol. The van der Waals surface area contributed by atoms with Crippen molar-refractivity contribution >= 4 is 27.3 Å². The molecule has 0 aliphatic rings. The molecule has 0 atom stereocenters. The lowest BCUT2D eigenvalue weighted by atomic mass is 10.2. The van der Waals surface area contributed by atoms with Gasteiger partial charge in [0.15, 0.2) is 5.82 Å². The second-order valence-corrected chi connectivity index (χ2v) is 5.96. The molecule has 0 aliphatic carbocycles. The van der Waals surface area contributed by atoms with E-state index in [2.05, 4.69) is 9.71 Å². The summed E-state index contributed by atoms with van der Waals surface area (Å²) in [6.07, 6.45) is 2.23. The Kier molecular flexibility index (Phi) is 3.73. The number of rotatable bonds is 3. The molecule has 0 saturated carbocycles. The highest BCUT2D eigenvalue weighted by molar-refractivity contribution is 7.92. The Morgan fingerprint density at radius 3 is 2.68 bits per heavy atom. The molecule has 100 valence electrons. The van der Waals surface area contributed by atoms with Crippen LogP contribution in [0.5, 0.6) is 0 Å². The molecule has 7 heteroatoms. The lowest BCUT2D eigenvalue weighted by Gasteiger charge is -2.09. The fourth-order valence-corrected chi connectivity index (χ4v) is 2.74. The summed E-state index contributed by atoms with van der Waals surface area (Å²) < 4.78 is 39.6. The van der Waals surface area contributed by atoms with Gasteiger partial charge in [-0.3, -0.25) is 9.71 Å². The minimum Gasteiger partial charge on any atom is -0.277 e. The average molecular weight is 301 g/mol. The largest absolute Gasteiger partial charge is 0.277 e. The van der Waals surface area contributed by atoms with E-state index in [1.807, 2.05) is 0 Å². The maximum Gasteiger partial charge on any atom is 0.262 e. The fraction of sp³-hybridized carbons (Fsp3) is 0.0833. The molecular formula is C12H10ClFN2O2S. The summed E-state index contributed by atoms with van der Waals surface area (Å²) in [4.78, 5) is 3.51. The molecule has 1 aromatic heterocycles. The number of aryl methyl sites for hydroxylation is 1. The molecule has 0 amide bonds. The normalized spacial score (nSPS) is 11.3. The number of pyridine rings is 1. The van der Waals surface area contributed by atoms with Gasteiger partial charge in [-0.15, -0.1) is 0 Å². The van der Waals surface area contributed by atoms with Gasteiger partial charge in [0, 0.05) is 11.2 Å². The van der Waals surface area contributed by atoms with Crippen LogP contribution in [0.15, 0.2) is 41.6 Å². The molecule has 2 aromatic rings. The molecule has 4 nitrogen and oxygen atoms in total. The summed E-state index contributed by atoms with van der Waals surface area (Å²) >= 11 is 5.88. The Bertz CT molecular complexity index is 719. The van der Waals surface area contributed by atoms with Crippen LogP contribution in [0.4, 0.5) is 10.1 Å². The highest BCUT2D eigenvalue weighted by atomic mass is 35.5. The third kappa shape index (κ3) is 3.02. The van der Waals surface area contributed by atoms with Crippen molar-refractivity contribution in [3.63, 3.8) is 0 Å². The first kappa shape index (κ1) is 13.8. The van der Waals surface area contributed by atoms with E-state index >= 15 is 0 Å². The molecule has 0 unspecified atom stereocenters. The van der Waals surface area contributed by atoms with Crippen LogP contribution < -0.4 is 4.72 Å². The van der Waals surface area contributed by atoms with E-state index in [1.54, 1.807) is 13.0 Å². The molecular weight excluding hydrogens is 291 g/mol. The van der Waals surface area contributed by atoms with E-state index in [4.69, 9.17) is 11.6 Å². The molecule has 2 rings (SSSR count). The Morgan fingerprint density at radius 2 is 2.05 bits per heavy atom. The number of hydrogen-bond acceptors (Lipinski definition) is 3. The van der Waals surface area contributed by atoms with E-state index in [0.29, 0.717) is 5.02 Å². The highest BCUT2D eigenvalue weighted by Gasteiger charge is 2.17. The first-order chi connectivity index (χ1) is 8.90. The van der Waals surface area contributed by atoms with Gasteiger partial charge in [0.25, 0.3) is 10.0 Å². The zero-order chi connectivity index (χ0) is 14.0. The minimum atomic E-state index is -3.88. The number of sulfonamides is 1. The van der Waals surface area contributed by atoms with Gasteiger partial charge in [-0.25, -0.2) is 12.8 Å². The van der Waals surface area contributed by atoms with Crippen LogP contribution in [0.25, 0.3) is 0 Å². The molecule has 0 saturated heterocycles. The van der Waals surface area contributed by atoms with Gasteiger partial charge in [0.05, 0.1) is 16.8 Å². The first-order valence-corrected chi connectivity index (χ1v) is 7.15. The van der Waals surface area contributed by atoms with Crippen LogP contribution in [-0.4, -0.2) is 13.4 Å². The molecule has 1 aromatic carbocycles. The number of nitrogens with one attached hydrogen (secondary N) is 1. The van der Waals surface area contributed by atoms with Gasteiger partial charge in [-0.1, -0.05) is 17.7 Å². The van der Waals surface area contributed by atoms with Crippen molar-refractivity contribution in [3.8, 4) is 0 Å². The van der Waals surface area contributed by atoms with Crippen molar-refractivity contribution in [2.45, 2.75) is 11.8 Å². The number of aromatic nitrogens is 1. The van der Waals surface area contributed by atoms with Crippen LogP contribution in [-0.2, 0) is 10.0 Å². The lowest BCUT2D eigenvalue weighted by molar-refractivity contribution is 0.598. The maximum atomic E-state index is 13.4. The van der Waals surface area contributed by atoms with Crippen LogP contribution in [0.1, 0.15) is 5.56 Å². The third-order valence-corrected chi connectivity index (χ3v) is 4.24. The molecule has 0 bridgehead atoms. The van der Waals surface area contributed by atoms with Gasteiger partial charge in [0.1, 0.15) is 0 Å². The summed E-state index contributed by atoms with van der Waals surface area (Å²) in [6.45, 7) is 1.76. The van der Waals surface area contributed by atoms with Gasteiger partial charge in [-0.05, 0) is 30.7 Å². The molecule has 19 heavy (non-hydrogen) atoms. The van der Waals surface area contributed by atoms with Crippen molar-refractivity contribution in [3.05, 3.63) is 53.1 Å². The Balaban J connectivity index is 2.38. The SMILES string of the molecule is Cc1ccc(S(=O)(=O)Nc2ccncc2F)cc1Cl. The number of nitrogens with zero attached hydrogens (tertiary/aromatic N) is 1. The lowest BCUT2D eigenvalue weighted by Crippen LogP contribution is -2.14. The van der Waals surface area contributed by atoms with Crippen LogP contribution in [0, 0.1) is 12.7 Å². The van der Waals surface area contributed by atoms with Crippen molar-refractivity contribution in [2.75, 3.05) is 4.72 Å². The Hall–Kier alpha value is -1.66. The van der Waals surface area contributed by atoms with Gasteiger partial charge in [-0.2, -0.15) is 0 Å². The first-order valence-electron chi connectivity index (χ1n) is 5.28. The number of halogens is 2. The second kappa shape index (κ2) is 5.14. The van der Waals surface area contributed by atoms with Crippen molar-refractivity contribution in [1.29, 1.82) is 0 Å². The summed E-state index contributed by atoms with van der Waals surface area (Å²) in [5, 5.41) is 0.332. The number of benzene rings is 1. The third-order valence-electron chi connectivity index (χ3n) is 2.47. The van der Waals surface area contributed by atoms with E-state index in [9.17, 15) is 12.8 Å². The number of hydrogen-bond donors (Lipinski definition) is 1. The van der Waals surface area contributed by atoms with E-state index in [0.717, 1.165) is 11.8 Å². The van der Waals surface area contributed by atoms with E-state index in [1.165, 1.54) is 24.4 Å². The second-order valence-electron chi connectivity index (χ2n) is 3.87. The zero-order valence-corrected chi connectivity index (χ0v) is 11.5. The molecule has 0 radical (unpaired) electrons. The van der Waals surface area contributed by atoms with E-state index in [-0.39, 0.29) is 10.6 Å². The van der Waals surface area contributed by atoms with Crippen LogP contribution >= 0.6 is 11.6 Å². The Morgan fingerprint density at radius 1 is 1.32 bits per heavy atom. The average Bonchev–Trinajstić information content (AvgIpc) is 2.35. The number of anilines is 1. The van der Waals surface area contributed by atoms with E-state index < -0.39 is 15.8 Å². The molecule has 0 aliphatic heterocycles. The van der Waals surface area contributed by atoms with Crippen LogP contribution in [0.3, 0.4) is 0 Å². The molecule has 0 spiro atoms. The maximum absolute atomic E-state index is 13.4. The molecule has 0 fully saturated rings. The fourth-order valence-electron chi connectivity index (χ4n) is 1.40. The summed E-state index contributed by atoms with van der Waals surface area (Å²) in [5.41, 5.74) is 0.599. The molecule has 1 heterocycles. The van der Waals surface area contributed by atoms with Crippen LogP contribution in [0.2, 0.25) is 5.02 Å². The van der Waals surface area contributed by atoms with Crippen molar-refractivity contribution in [1.82, 2.24) is 4.98 Å². The summed E-state index contributed by atoms with van der Waals surface area (Å²) in [7, 11) is -3.88. The smallest absolute Gasteiger partial charge is 0.262 e. The van der Waals surface area contributed by atoms with Gasteiger partial charge in [0.2, 0.25) is 0 Å². The van der Waals surface area contributed by atoms with Gasteiger partial charge < -0.3 is 0 Å².